The summed E-state index contributed by atoms with van der Waals surface area (Å²) in [4.78, 5) is 36.3. The monoisotopic (exact) mass is 401 g/mol. The first-order chi connectivity index (χ1) is 13.4. The number of fused-ring (bicyclic) bond motifs is 1. The van der Waals surface area contributed by atoms with E-state index < -0.39 is 5.82 Å². The van der Waals surface area contributed by atoms with E-state index in [4.69, 9.17) is 11.6 Å². The summed E-state index contributed by atoms with van der Waals surface area (Å²) >= 11 is 5.66. The Kier molecular flexibility index (Phi) is 6.06. The van der Waals surface area contributed by atoms with Crippen molar-refractivity contribution >= 4 is 39.9 Å². The van der Waals surface area contributed by atoms with E-state index in [1.165, 1.54) is 16.7 Å². The molecule has 0 saturated heterocycles. The minimum absolute atomic E-state index is 0.0212. The molecule has 8 heteroatoms. The molecule has 0 spiro atoms. The Hall–Kier alpha value is -3.19. The van der Waals surface area contributed by atoms with Gasteiger partial charge in [-0.05, 0) is 35.7 Å². The summed E-state index contributed by atoms with van der Waals surface area (Å²) in [5.74, 6) is -1.31. The first-order valence-corrected chi connectivity index (χ1v) is 8.91. The Bertz CT molecular complexity index is 1100. The smallest absolute Gasteiger partial charge is 0.258 e. The second kappa shape index (κ2) is 8.67. The molecule has 0 saturated carbocycles. The molecule has 0 aliphatic carbocycles. The number of carbonyl (C=O) groups excluding carboxylic acids is 2. The molecule has 0 radical (unpaired) electrons. The number of aromatic nitrogens is 1. The van der Waals surface area contributed by atoms with Crippen LogP contribution in [0.25, 0.3) is 10.8 Å². The normalized spacial score (nSPS) is 10.6. The molecule has 2 aromatic carbocycles. The largest absolute Gasteiger partial charge is 0.354 e. The molecule has 0 aliphatic rings. The van der Waals surface area contributed by atoms with E-state index in [1.54, 1.807) is 24.4 Å². The number of benzene rings is 2. The van der Waals surface area contributed by atoms with Gasteiger partial charge in [0.15, 0.2) is 0 Å². The fourth-order valence-corrected chi connectivity index (χ4v) is 2.86. The van der Waals surface area contributed by atoms with E-state index in [0.717, 1.165) is 11.5 Å². The Morgan fingerprint density at radius 1 is 1.07 bits per heavy atom. The van der Waals surface area contributed by atoms with Crippen LogP contribution in [-0.2, 0) is 16.1 Å². The van der Waals surface area contributed by atoms with Crippen molar-refractivity contribution in [2.75, 3.05) is 11.9 Å². The maximum atomic E-state index is 13.1. The zero-order chi connectivity index (χ0) is 20.1. The summed E-state index contributed by atoms with van der Waals surface area (Å²) in [5.41, 5.74) is 0.115. The first kappa shape index (κ1) is 19.6. The van der Waals surface area contributed by atoms with Crippen LogP contribution in [0.1, 0.15) is 6.42 Å². The molecule has 0 fully saturated rings. The summed E-state index contributed by atoms with van der Waals surface area (Å²) in [6.07, 6.45) is 1.59. The zero-order valence-corrected chi connectivity index (χ0v) is 15.5. The van der Waals surface area contributed by atoms with Gasteiger partial charge < -0.3 is 15.2 Å². The highest BCUT2D eigenvalue weighted by atomic mass is 35.5. The van der Waals surface area contributed by atoms with Crippen LogP contribution in [0.2, 0.25) is 5.02 Å². The summed E-state index contributed by atoms with van der Waals surface area (Å²) in [7, 11) is 0. The van der Waals surface area contributed by atoms with E-state index in [-0.39, 0.29) is 41.9 Å². The van der Waals surface area contributed by atoms with Crippen molar-refractivity contribution in [3.8, 4) is 0 Å². The molecule has 2 amide bonds. The van der Waals surface area contributed by atoms with Crippen LogP contribution in [0.5, 0.6) is 0 Å². The quantitative estimate of drug-likeness (QED) is 0.666. The average molecular weight is 402 g/mol. The van der Waals surface area contributed by atoms with Crippen molar-refractivity contribution in [2.45, 2.75) is 13.0 Å². The third-order valence-corrected chi connectivity index (χ3v) is 4.37. The van der Waals surface area contributed by atoms with Gasteiger partial charge in [-0.2, -0.15) is 0 Å². The van der Waals surface area contributed by atoms with Gasteiger partial charge in [-0.3, -0.25) is 14.4 Å². The number of hydrogen-bond donors (Lipinski definition) is 2. The first-order valence-electron chi connectivity index (χ1n) is 8.54. The lowest BCUT2D eigenvalue weighted by Gasteiger charge is -2.09. The molecular formula is C20H17ClFN3O3. The lowest BCUT2D eigenvalue weighted by atomic mass is 10.2. The van der Waals surface area contributed by atoms with Gasteiger partial charge in [0.2, 0.25) is 11.8 Å². The zero-order valence-electron chi connectivity index (χ0n) is 14.7. The van der Waals surface area contributed by atoms with E-state index in [0.29, 0.717) is 11.1 Å². The highest BCUT2D eigenvalue weighted by Crippen LogP contribution is 2.19. The molecule has 3 rings (SSSR count). The molecule has 0 unspecified atom stereocenters. The summed E-state index contributed by atoms with van der Waals surface area (Å²) in [5, 5.41) is 6.42. The fourth-order valence-electron chi connectivity index (χ4n) is 2.68. The minimum atomic E-state index is -0.573. The Morgan fingerprint density at radius 2 is 1.86 bits per heavy atom. The van der Waals surface area contributed by atoms with E-state index in [1.807, 2.05) is 12.1 Å². The van der Waals surface area contributed by atoms with Crippen LogP contribution in [0.15, 0.2) is 59.5 Å². The molecule has 1 aromatic heterocycles. The third kappa shape index (κ3) is 4.75. The number of halogens is 2. The molecule has 3 aromatic rings. The molecule has 2 N–H and O–H groups in total. The van der Waals surface area contributed by atoms with Crippen molar-refractivity contribution in [3.63, 3.8) is 0 Å². The van der Waals surface area contributed by atoms with Crippen molar-refractivity contribution in [1.82, 2.24) is 9.88 Å². The van der Waals surface area contributed by atoms with E-state index in [9.17, 15) is 18.8 Å². The molecule has 28 heavy (non-hydrogen) atoms. The highest BCUT2D eigenvalue weighted by Gasteiger charge is 2.09. The van der Waals surface area contributed by atoms with Crippen molar-refractivity contribution in [1.29, 1.82) is 0 Å². The fraction of sp³-hybridized carbons (Fsp3) is 0.150. The number of anilines is 1. The lowest BCUT2D eigenvalue weighted by Crippen LogP contribution is -2.33. The predicted octanol–water partition coefficient (Wildman–Crippen LogP) is 2.94. The highest BCUT2D eigenvalue weighted by molar-refractivity contribution is 6.31. The van der Waals surface area contributed by atoms with Gasteiger partial charge in [-0.1, -0.05) is 29.8 Å². The summed E-state index contributed by atoms with van der Waals surface area (Å²) in [6, 6.07) is 12.8. The number of amides is 2. The molecule has 1 heterocycles. The second-order valence-corrected chi connectivity index (χ2v) is 6.52. The Morgan fingerprint density at radius 3 is 2.64 bits per heavy atom. The SMILES string of the molecule is O=C(Cn1ccc2ccccc2c1=O)NCCC(=O)Nc1ccc(F)c(Cl)c1. The molecule has 6 nitrogen and oxygen atoms in total. The Balaban J connectivity index is 1.50. The summed E-state index contributed by atoms with van der Waals surface area (Å²) < 4.78 is 14.4. The number of hydrogen-bond acceptors (Lipinski definition) is 3. The van der Waals surface area contributed by atoms with Crippen LogP contribution in [0.4, 0.5) is 10.1 Å². The number of carbonyl (C=O) groups is 2. The van der Waals surface area contributed by atoms with Gasteiger partial charge >= 0.3 is 0 Å². The van der Waals surface area contributed by atoms with Crippen LogP contribution < -0.4 is 16.2 Å². The van der Waals surface area contributed by atoms with Crippen molar-refractivity contribution < 1.29 is 14.0 Å². The minimum Gasteiger partial charge on any atom is -0.354 e. The summed E-state index contributed by atoms with van der Waals surface area (Å²) in [6.45, 7) is -0.0409. The standard InChI is InChI=1S/C20H17ClFN3O3/c21-16-11-14(5-6-17(16)22)24-18(26)7-9-23-19(27)12-25-10-8-13-3-1-2-4-15(13)20(25)28/h1-6,8,10-11H,7,9,12H2,(H,23,27)(H,24,26). The van der Waals surface area contributed by atoms with Gasteiger partial charge in [0.1, 0.15) is 12.4 Å². The van der Waals surface area contributed by atoms with E-state index >= 15 is 0 Å². The maximum Gasteiger partial charge on any atom is 0.258 e. The van der Waals surface area contributed by atoms with Crippen LogP contribution in [0, 0.1) is 5.82 Å². The lowest BCUT2D eigenvalue weighted by molar-refractivity contribution is -0.121. The molecule has 144 valence electrons. The van der Waals surface area contributed by atoms with Gasteiger partial charge in [-0.15, -0.1) is 0 Å². The van der Waals surface area contributed by atoms with Gasteiger partial charge in [0, 0.05) is 30.2 Å². The van der Waals surface area contributed by atoms with Crippen LogP contribution in [-0.4, -0.2) is 22.9 Å². The van der Waals surface area contributed by atoms with E-state index in [2.05, 4.69) is 10.6 Å². The predicted molar refractivity (Wildman–Crippen MR) is 106 cm³/mol. The van der Waals surface area contributed by atoms with Gasteiger partial charge in [-0.25, -0.2) is 4.39 Å². The maximum absolute atomic E-state index is 13.1. The molecule has 0 bridgehead atoms. The third-order valence-electron chi connectivity index (χ3n) is 4.08. The molecular weight excluding hydrogens is 385 g/mol. The number of nitrogens with one attached hydrogen (secondary N) is 2. The van der Waals surface area contributed by atoms with Crippen molar-refractivity contribution in [3.05, 3.63) is 75.9 Å². The van der Waals surface area contributed by atoms with Crippen LogP contribution in [0.3, 0.4) is 0 Å². The van der Waals surface area contributed by atoms with Gasteiger partial charge in [0.25, 0.3) is 5.56 Å². The second-order valence-electron chi connectivity index (χ2n) is 6.11. The number of pyridine rings is 1. The molecule has 0 aliphatic heterocycles. The Labute approximate surface area is 164 Å². The molecule has 0 atom stereocenters. The number of nitrogens with zero attached hydrogens (tertiary/aromatic N) is 1. The topological polar surface area (TPSA) is 80.2 Å². The average Bonchev–Trinajstić information content (AvgIpc) is 2.67. The number of rotatable bonds is 6. The van der Waals surface area contributed by atoms with Crippen molar-refractivity contribution in [2.24, 2.45) is 0 Å². The van der Waals surface area contributed by atoms with Gasteiger partial charge in [0.05, 0.1) is 5.02 Å². The van der Waals surface area contributed by atoms with Crippen LogP contribution >= 0.6 is 11.6 Å².